The molecule has 0 bridgehead atoms. The number of carbonyl (C=O) groups excluding carboxylic acids is 1. The molecule has 6 aromatic heterocycles. The first-order chi connectivity index (χ1) is 18.7. The summed E-state index contributed by atoms with van der Waals surface area (Å²) in [5, 5.41) is 11.5. The van der Waals surface area contributed by atoms with E-state index in [1.807, 2.05) is 36.5 Å². The highest BCUT2D eigenvalue weighted by atomic mass is 16.1. The van der Waals surface area contributed by atoms with E-state index in [1.165, 1.54) is 0 Å². The molecule has 1 amide bonds. The summed E-state index contributed by atoms with van der Waals surface area (Å²) in [7, 11) is 0. The number of H-pyrrole nitrogens is 2. The van der Waals surface area contributed by atoms with Crippen LogP contribution in [0, 0.1) is 5.92 Å². The van der Waals surface area contributed by atoms with Gasteiger partial charge in [0.25, 0.3) is 0 Å². The van der Waals surface area contributed by atoms with E-state index in [1.54, 1.807) is 31.0 Å². The number of hydrogen-bond donors (Lipinski definition) is 3. The zero-order valence-corrected chi connectivity index (χ0v) is 20.3. The Morgan fingerprint density at radius 1 is 0.947 bits per heavy atom. The van der Waals surface area contributed by atoms with Crippen LogP contribution < -0.4 is 5.32 Å². The first-order valence-electron chi connectivity index (χ1n) is 12.6. The van der Waals surface area contributed by atoms with Crippen LogP contribution in [0.2, 0.25) is 0 Å². The summed E-state index contributed by atoms with van der Waals surface area (Å²) in [6.07, 6.45) is 14.6. The molecule has 3 N–H and O–H groups in total. The number of nitrogens with zero attached hydrogens (tertiary/aromatic N) is 6. The molecule has 1 aliphatic carbocycles. The molecule has 0 saturated heterocycles. The lowest BCUT2D eigenvalue weighted by Crippen LogP contribution is -2.20. The molecule has 0 radical (unpaired) electrons. The molecule has 0 aromatic carbocycles. The lowest BCUT2D eigenvalue weighted by Gasteiger charge is -2.11. The van der Waals surface area contributed by atoms with Gasteiger partial charge in [0.05, 0.1) is 34.8 Å². The third-order valence-corrected chi connectivity index (χ3v) is 7.06. The highest BCUT2D eigenvalue weighted by Gasteiger charge is 2.23. The number of carbonyl (C=O) groups is 1. The van der Waals surface area contributed by atoms with E-state index in [0.29, 0.717) is 22.9 Å². The third kappa shape index (κ3) is 3.96. The lowest BCUT2D eigenvalue weighted by atomic mass is 10.1. The average molecular weight is 502 g/mol. The van der Waals surface area contributed by atoms with E-state index in [-0.39, 0.29) is 11.8 Å². The number of imidazole rings is 1. The molecule has 0 spiro atoms. The minimum Gasteiger partial charge on any atom is -0.335 e. The number of anilines is 1. The summed E-state index contributed by atoms with van der Waals surface area (Å²) in [6.45, 7) is 0. The Morgan fingerprint density at radius 2 is 1.84 bits per heavy atom. The maximum Gasteiger partial charge on any atom is 0.227 e. The molecule has 186 valence electrons. The highest BCUT2D eigenvalue weighted by molar-refractivity contribution is 5.97. The summed E-state index contributed by atoms with van der Waals surface area (Å²) in [4.78, 5) is 38.4. The second-order valence-electron chi connectivity index (χ2n) is 9.50. The Kier molecular flexibility index (Phi) is 5.35. The van der Waals surface area contributed by atoms with Crippen LogP contribution >= 0.6 is 0 Å². The maximum absolute atomic E-state index is 12.6. The minimum atomic E-state index is 0.0612. The van der Waals surface area contributed by atoms with Gasteiger partial charge in [0.1, 0.15) is 5.69 Å². The molecule has 0 unspecified atom stereocenters. The Morgan fingerprint density at radius 3 is 2.71 bits per heavy atom. The van der Waals surface area contributed by atoms with Gasteiger partial charge >= 0.3 is 0 Å². The van der Waals surface area contributed by atoms with Crippen molar-refractivity contribution < 1.29 is 4.79 Å². The number of fused-ring (bicyclic) bond motifs is 2. The van der Waals surface area contributed by atoms with Gasteiger partial charge in [-0.3, -0.25) is 24.8 Å². The van der Waals surface area contributed by atoms with Crippen LogP contribution in [0.15, 0.2) is 67.5 Å². The molecule has 7 rings (SSSR count). The zero-order chi connectivity index (χ0) is 25.5. The monoisotopic (exact) mass is 501 g/mol. The van der Waals surface area contributed by atoms with Gasteiger partial charge in [0.15, 0.2) is 11.5 Å². The van der Waals surface area contributed by atoms with E-state index in [9.17, 15) is 4.79 Å². The number of amides is 1. The molecular weight excluding hydrogens is 478 g/mol. The lowest BCUT2D eigenvalue weighted by molar-refractivity contribution is -0.119. The topological polar surface area (TPSA) is 138 Å². The molecular formula is C28H23N9O. The molecule has 1 saturated carbocycles. The fraction of sp³-hybridized carbons (Fsp3) is 0.179. The second kappa shape index (κ2) is 9.15. The van der Waals surface area contributed by atoms with Gasteiger partial charge in [-0.2, -0.15) is 5.10 Å². The normalized spacial score (nSPS) is 13.9. The number of aromatic nitrogens is 8. The Labute approximate surface area is 217 Å². The maximum atomic E-state index is 12.6. The van der Waals surface area contributed by atoms with Crippen molar-refractivity contribution in [1.82, 2.24) is 40.1 Å². The largest absolute Gasteiger partial charge is 0.335 e. The Hall–Kier alpha value is -4.99. The molecule has 0 atom stereocenters. The van der Waals surface area contributed by atoms with E-state index in [0.717, 1.165) is 64.5 Å². The van der Waals surface area contributed by atoms with Crippen molar-refractivity contribution in [2.75, 3.05) is 5.32 Å². The summed E-state index contributed by atoms with van der Waals surface area (Å²) >= 11 is 0. The van der Waals surface area contributed by atoms with Gasteiger partial charge in [0.2, 0.25) is 5.91 Å². The van der Waals surface area contributed by atoms with Crippen molar-refractivity contribution in [3.63, 3.8) is 0 Å². The molecule has 6 aromatic rings. The minimum absolute atomic E-state index is 0.0612. The highest BCUT2D eigenvalue weighted by Crippen LogP contribution is 2.32. The summed E-state index contributed by atoms with van der Waals surface area (Å²) in [5.74, 6) is 0.743. The van der Waals surface area contributed by atoms with E-state index >= 15 is 0 Å². The van der Waals surface area contributed by atoms with Gasteiger partial charge in [-0.15, -0.1) is 0 Å². The Balaban J connectivity index is 1.25. The van der Waals surface area contributed by atoms with Crippen LogP contribution in [0.1, 0.15) is 25.7 Å². The molecule has 38 heavy (non-hydrogen) atoms. The first kappa shape index (κ1) is 22.2. The number of aromatic amines is 2. The molecule has 1 aliphatic rings. The van der Waals surface area contributed by atoms with Crippen LogP contribution in [0.3, 0.4) is 0 Å². The molecule has 10 nitrogen and oxygen atoms in total. The predicted molar refractivity (Wildman–Crippen MR) is 144 cm³/mol. The summed E-state index contributed by atoms with van der Waals surface area (Å²) < 4.78 is 0. The molecule has 10 heteroatoms. The van der Waals surface area contributed by atoms with Crippen LogP contribution in [-0.4, -0.2) is 46.0 Å². The standard InChI is InChI=1S/C28H23N9O/c38-28(16-4-1-2-5-16)33-19-10-18(13-30-14-19)22-11-21-23(15-32-22)36-37-25(21)27-34-24-20(7-9-31-26(24)35-27)17-6-3-8-29-12-17/h3,6-16H,1-2,4-5H2,(H,33,38)(H,36,37)(H,31,34,35). The fourth-order valence-corrected chi connectivity index (χ4v) is 5.12. The molecule has 0 aliphatic heterocycles. The quantitative estimate of drug-likeness (QED) is 0.297. The van der Waals surface area contributed by atoms with Crippen LogP contribution in [0.4, 0.5) is 5.69 Å². The van der Waals surface area contributed by atoms with Crippen molar-refractivity contribution in [2.45, 2.75) is 25.7 Å². The first-order valence-corrected chi connectivity index (χ1v) is 12.6. The SMILES string of the molecule is O=C(Nc1cncc(-c2cc3c(-c4nc5nccc(-c6cccnc6)c5[nH]4)n[nH]c3cn2)c1)C1CCCC1. The van der Waals surface area contributed by atoms with Crippen molar-refractivity contribution in [1.29, 1.82) is 0 Å². The van der Waals surface area contributed by atoms with Crippen molar-refractivity contribution >= 4 is 33.7 Å². The zero-order valence-electron chi connectivity index (χ0n) is 20.3. The smallest absolute Gasteiger partial charge is 0.227 e. The van der Waals surface area contributed by atoms with Crippen LogP contribution in [0.25, 0.3) is 56.0 Å². The number of pyridine rings is 4. The number of nitrogens with one attached hydrogen (secondary N) is 3. The average Bonchev–Trinajstić information content (AvgIpc) is 3.73. The van der Waals surface area contributed by atoms with Gasteiger partial charge in [-0.05, 0) is 37.1 Å². The van der Waals surface area contributed by atoms with Crippen LogP contribution in [-0.2, 0) is 4.79 Å². The van der Waals surface area contributed by atoms with Crippen molar-refractivity contribution in [3.8, 4) is 33.9 Å². The number of rotatable bonds is 5. The van der Waals surface area contributed by atoms with Gasteiger partial charge in [-0.1, -0.05) is 18.9 Å². The fourth-order valence-electron chi connectivity index (χ4n) is 5.12. The van der Waals surface area contributed by atoms with E-state index in [2.05, 4.69) is 40.4 Å². The second-order valence-corrected chi connectivity index (χ2v) is 9.50. The Bertz CT molecular complexity index is 1780. The summed E-state index contributed by atoms with van der Waals surface area (Å²) in [5.41, 5.74) is 6.98. The third-order valence-electron chi connectivity index (χ3n) is 7.06. The van der Waals surface area contributed by atoms with Crippen molar-refractivity contribution in [3.05, 3.63) is 67.5 Å². The van der Waals surface area contributed by atoms with Gasteiger partial charge < -0.3 is 10.3 Å². The summed E-state index contributed by atoms with van der Waals surface area (Å²) in [6, 6.07) is 9.70. The predicted octanol–water partition coefficient (Wildman–Crippen LogP) is 5.15. The molecule has 6 heterocycles. The van der Waals surface area contributed by atoms with Crippen LogP contribution in [0.5, 0.6) is 0 Å². The van der Waals surface area contributed by atoms with Crippen molar-refractivity contribution in [2.24, 2.45) is 5.92 Å². The number of hydrogen-bond acceptors (Lipinski definition) is 7. The van der Waals surface area contributed by atoms with E-state index < -0.39 is 0 Å². The molecule has 1 fully saturated rings. The van der Waals surface area contributed by atoms with Gasteiger partial charge in [0, 0.05) is 52.8 Å². The van der Waals surface area contributed by atoms with Gasteiger partial charge in [-0.25, -0.2) is 9.97 Å². The van der Waals surface area contributed by atoms with E-state index in [4.69, 9.17) is 4.98 Å².